The molecule has 5 heteroatoms. The molecule has 0 N–H and O–H groups in total. The molecule has 1 aromatic heterocycles. The second-order valence-electron chi connectivity index (χ2n) is 9.05. The number of fused-ring (bicyclic) bond motifs is 1. The summed E-state index contributed by atoms with van der Waals surface area (Å²) in [6, 6.07) is 22.6. The number of rotatable bonds is 6. The molecule has 2 aliphatic rings. The van der Waals surface area contributed by atoms with Gasteiger partial charge in [-0.2, -0.15) is 0 Å². The van der Waals surface area contributed by atoms with E-state index in [9.17, 15) is 9.18 Å². The van der Waals surface area contributed by atoms with Gasteiger partial charge in [-0.05, 0) is 53.8 Å². The van der Waals surface area contributed by atoms with Gasteiger partial charge >= 0.3 is 0 Å². The van der Waals surface area contributed by atoms with Crippen LogP contribution >= 0.6 is 11.3 Å². The summed E-state index contributed by atoms with van der Waals surface area (Å²) < 4.78 is 16.1. The Morgan fingerprint density at radius 1 is 1.03 bits per heavy atom. The third-order valence-corrected chi connectivity index (χ3v) is 7.92. The van der Waals surface area contributed by atoms with Gasteiger partial charge in [0.2, 0.25) is 0 Å². The van der Waals surface area contributed by atoms with Gasteiger partial charge in [-0.3, -0.25) is 4.90 Å². The molecule has 1 saturated heterocycles. The number of carbonyl (C=O) groups excluding carboxylic acids is 1. The first-order valence-corrected chi connectivity index (χ1v) is 11.9. The van der Waals surface area contributed by atoms with Crippen LogP contribution in [-0.4, -0.2) is 29.3 Å². The first kappa shape index (κ1) is 19.8. The van der Waals surface area contributed by atoms with Crippen LogP contribution in [-0.2, 0) is 16.8 Å². The molecule has 2 heterocycles. The molecule has 3 aromatic carbocycles. The molecule has 1 aliphatic heterocycles. The molecule has 0 radical (unpaired) electrons. The average Bonchev–Trinajstić information content (AvgIpc) is 3.49. The number of likely N-dealkylation sites (tertiary alicyclic amines) is 1. The zero-order chi connectivity index (χ0) is 21.7. The summed E-state index contributed by atoms with van der Waals surface area (Å²) in [5.74, 6) is -0.111. The van der Waals surface area contributed by atoms with Crippen molar-refractivity contribution in [1.82, 2.24) is 9.88 Å². The van der Waals surface area contributed by atoms with Crippen molar-refractivity contribution in [2.24, 2.45) is 5.92 Å². The fraction of sp³-hybridized carbons (Fsp3) is 0.259. The van der Waals surface area contributed by atoms with E-state index in [0.29, 0.717) is 12.1 Å². The van der Waals surface area contributed by atoms with Crippen LogP contribution in [0.2, 0.25) is 0 Å². The van der Waals surface area contributed by atoms with E-state index in [1.807, 2.05) is 12.1 Å². The lowest BCUT2D eigenvalue weighted by Crippen LogP contribution is -2.46. The Labute approximate surface area is 190 Å². The number of nitrogens with zero attached hydrogens (tertiary/aromatic N) is 2. The molecular weight excluding hydrogens is 419 g/mol. The van der Waals surface area contributed by atoms with Crippen molar-refractivity contribution in [2.45, 2.75) is 24.8 Å². The Balaban J connectivity index is 1.27. The van der Waals surface area contributed by atoms with Crippen LogP contribution in [0.25, 0.3) is 20.8 Å². The molecule has 0 amide bonds. The predicted molar refractivity (Wildman–Crippen MR) is 126 cm³/mol. The van der Waals surface area contributed by atoms with Gasteiger partial charge in [-0.25, -0.2) is 9.37 Å². The molecule has 6 rings (SSSR count). The second-order valence-corrected chi connectivity index (χ2v) is 10.1. The zero-order valence-electron chi connectivity index (χ0n) is 17.6. The van der Waals surface area contributed by atoms with Gasteiger partial charge in [0.1, 0.15) is 17.1 Å². The van der Waals surface area contributed by atoms with E-state index in [2.05, 4.69) is 53.4 Å². The highest BCUT2D eigenvalue weighted by atomic mass is 32.1. The van der Waals surface area contributed by atoms with Crippen LogP contribution in [0.15, 0.2) is 66.7 Å². The average molecular weight is 443 g/mol. The maximum absolute atomic E-state index is 15.0. The van der Waals surface area contributed by atoms with Crippen LogP contribution in [0.5, 0.6) is 0 Å². The van der Waals surface area contributed by atoms with Gasteiger partial charge in [0.05, 0.1) is 10.2 Å². The first-order chi connectivity index (χ1) is 15.6. The molecule has 160 valence electrons. The molecule has 1 saturated carbocycles. The number of hydrogen-bond acceptors (Lipinski definition) is 4. The van der Waals surface area contributed by atoms with Crippen molar-refractivity contribution in [3.8, 4) is 10.6 Å². The highest BCUT2D eigenvalue weighted by Gasteiger charge is 2.45. The minimum atomic E-state index is -0.239. The number of aldehydes is 1. The van der Waals surface area contributed by atoms with Crippen molar-refractivity contribution in [3.05, 3.63) is 89.2 Å². The van der Waals surface area contributed by atoms with Crippen LogP contribution in [0.3, 0.4) is 0 Å². The van der Waals surface area contributed by atoms with Crippen LogP contribution in [0, 0.1) is 11.7 Å². The van der Waals surface area contributed by atoms with E-state index in [4.69, 9.17) is 4.98 Å². The maximum Gasteiger partial charge on any atom is 0.133 e. The van der Waals surface area contributed by atoms with E-state index in [1.165, 1.54) is 11.1 Å². The zero-order valence-corrected chi connectivity index (χ0v) is 18.4. The standard InChI is InChI=1S/C27H23FN2OS/c28-23-12-18(14-30-15-19(16-30)17-31)6-8-22(23)26-29-24-9-7-21(13-25(24)32-26)27(10-11-27)20-4-2-1-3-5-20/h1-9,12-13,17,19H,10-11,14-16H2. The Bertz CT molecular complexity index is 1310. The Hall–Kier alpha value is -2.89. The summed E-state index contributed by atoms with van der Waals surface area (Å²) in [6.45, 7) is 2.20. The number of hydrogen-bond donors (Lipinski definition) is 0. The number of benzene rings is 3. The second kappa shape index (κ2) is 7.61. The number of halogens is 1. The van der Waals surface area contributed by atoms with E-state index in [1.54, 1.807) is 17.4 Å². The largest absolute Gasteiger partial charge is 0.303 e. The summed E-state index contributed by atoms with van der Waals surface area (Å²) >= 11 is 1.56. The Kier molecular flexibility index (Phi) is 4.70. The van der Waals surface area contributed by atoms with Crippen molar-refractivity contribution in [3.63, 3.8) is 0 Å². The molecule has 3 nitrogen and oxygen atoms in total. The monoisotopic (exact) mass is 442 g/mol. The van der Waals surface area contributed by atoms with Gasteiger partial charge < -0.3 is 4.79 Å². The van der Waals surface area contributed by atoms with Crippen LogP contribution in [0.4, 0.5) is 4.39 Å². The maximum atomic E-state index is 15.0. The van der Waals surface area contributed by atoms with Crippen LogP contribution < -0.4 is 0 Å². The molecule has 2 fully saturated rings. The van der Waals surface area contributed by atoms with E-state index in [0.717, 1.165) is 53.0 Å². The van der Waals surface area contributed by atoms with Crippen molar-refractivity contribution in [2.75, 3.05) is 13.1 Å². The van der Waals surface area contributed by atoms with Gasteiger partial charge in [0, 0.05) is 36.5 Å². The fourth-order valence-corrected chi connectivity index (χ4v) is 5.91. The van der Waals surface area contributed by atoms with Crippen molar-refractivity contribution in [1.29, 1.82) is 0 Å². The lowest BCUT2D eigenvalue weighted by atomic mass is 9.88. The third kappa shape index (κ3) is 3.37. The lowest BCUT2D eigenvalue weighted by molar-refractivity contribution is -0.115. The van der Waals surface area contributed by atoms with Gasteiger partial charge in [-0.1, -0.05) is 42.5 Å². The summed E-state index contributed by atoms with van der Waals surface area (Å²) in [5, 5.41) is 0.718. The number of thiazole rings is 1. The van der Waals surface area contributed by atoms with E-state index < -0.39 is 0 Å². The molecule has 0 atom stereocenters. The molecular formula is C27H23FN2OS. The van der Waals surface area contributed by atoms with Gasteiger partial charge in [-0.15, -0.1) is 11.3 Å². The van der Waals surface area contributed by atoms with Gasteiger partial charge in [0.25, 0.3) is 0 Å². The van der Waals surface area contributed by atoms with E-state index in [-0.39, 0.29) is 17.2 Å². The number of carbonyl (C=O) groups is 1. The third-order valence-electron chi connectivity index (χ3n) is 6.87. The summed E-state index contributed by atoms with van der Waals surface area (Å²) in [6.07, 6.45) is 3.33. The minimum Gasteiger partial charge on any atom is -0.303 e. The van der Waals surface area contributed by atoms with E-state index >= 15 is 0 Å². The lowest BCUT2D eigenvalue weighted by Gasteiger charge is -2.36. The first-order valence-electron chi connectivity index (χ1n) is 11.1. The van der Waals surface area contributed by atoms with Gasteiger partial charge in [0.15, 0.2) is 0 Å². The minimum absolute atomic E-state index is 0.117. The smallest absolute Gasteiger partial charge is 0.133 e. The molecule has 0 bridgehead atoms. The molecule has 0 unspecified atom stereocenters. The van der Waals surface area contributed by atoms with Crippen molar-refractivity contribution < 1.29 is 9.18 Å². The highest BCUT2D eigenvalue weighted by molar-refractivity contribution is 7.21. The molecule has 4 aromatic rings. The summed E-state index contributed by atoms with van der Waals surface area (Å²) in [5.41, 5.74) is 5.21. The molecule has 0 spiro atoms. The number of aromatic nitrogens is 1. The SMILES string of the molecule is O=CC1CN(Cc2ccc(-c3nc4ccc(C5(c6ccccc6)CC5)cc4s3)c(F)c2)C1. The molecule has 32 heavy (non-hydrogen) atoms. The summed E-state index contributed by atoms with van der Waals surface area (Å²) in [4.78, 5) is 17.7. The highest BCUT2D eigenvalue weighted by Crippen LogP contribution is 2.54. The fourth-order valence-electron chi connectivity index (χ4n) is 4.88. The predicted octanol–water partition coefficient (Wildman–Crippen LogP) is 5.81. The Morgan fingerprint density at radius 3 is 2.56 bits per heavy atom. The topological polar surface area (TPSA) is 33.2 Å². The summed E-state index contributed by atoms with van der Waals surface area (Å²) in [7, 11) is 0. The van der Waals surface area contributed by atoms with Crippen LogP contribution in [0.1, 0.15) is 29.5 Å². The Morgan fingerprint density at radius 2 is 1.84 bits per heavy atom. The quantitative estimate of drug-likeness (QED) is 0.353. The normalized spacial score (nSPS) is 17.9. The van der Waals surface area contributed by atoms with Crippen molar-refractivity contribution >= 4 is 27.8 Å². The molecule has 1 aliphatic carbocycles.